The van der Waals surface area contributed by atoms with Crippen LogP contribution >= 0.6 is 0 Å². The Morgan fingerprint density at radius 1 is 1.25 bits per heavy atom. The molecule has 3 aromatic rings. The van der Waals surface area contributed by atoms with E-state index in [-0.39, 0.29) is 29.9 Å². The average Bonchev–Trinajstić information content (AvgIpc) is 3.37. The van der Waals surface area contributed by atoms with Gasteiger partial charge in [0.2, 0.25) is 5.88 Å². The van der Waals surface area contributed by atoms with E-state index in [1.54, 1.807) is 10.8 Å². The summed E-state index contributed by atoms with van der Waals surface area (Å²) in [6, 6.07) is 2.84. The number of aliphatic hydroxyl groups is 1. The Hall–Kier alpha value is -3.24. The summed E-state index contributed by atoms with van der Waals surface area (Å²) < 4.78 is 36.5. The van der Waals surface area contributed by atoms with Crippen molar-refractivity contribution >= 4 is 11.6 Å². The first-order valence-corrected chi connectivity index (χ1v) is 12.2. The molecule has 0 saturated heterocycles. The second kappa shape index (κ2) is 9.67. The number of pyridine rings is 1. The molecule has 0 amide bonds. The van der Waals surface area contributed by atoms with E-state index in [9.17, 15) is 13.9 Å². The highest BCUT2D eigenvalue weighted by Crippen LogP contribution is 2.40. The largest absolute Gasteiger partial charge is 0.481 e. The molecule has 2 aliphatic rings. The van der Waals surface area contributed by atoms with Crippen molar-refractivity contribution in [3.63, 3.8) is 0 Å². The van der Waals surface area contributed by atoms with Crippen molar-refractivity contribution in [3.8, 4) is 5.88 Å². The summed E-state index contributed by atoms with van der Waals surface area (Å²) in [6.45, 7) is 2.90. The molecular weight excluding hydrogens is 466 g/mol. The second-order valence-electron chi connectivity index (χ2n) is 9.52. The Morgan fingerprint density at radius 2 is 2.06 bits per heavy atom. The van der Waals surface area contributed by atoms with Gasteiger partial charge in [-0.15, -0.1) is 5.10 Å². The number of nitrogens with one attached hydrogen (secondary N) is 1. The van der Waals surface area contributed by atoms with Crippen molar-refractivity contribution in [2.24, 2.45) is 0 Å². The second-order valence-corrected chi connectivity index (χ2v) is 9.52. The number of hydrogen-bond donors (Lipinski definition) is 2. The van der Waals surface area contributed by atoms with Crippen LogP contribution in [0.5, 0.6) is 5.88 Å². The number of halogens is 2. The molecule has 10 heteroatoms. The number of ether oxygens (including phenoxy) is 1. The molecule has 1 unspecified atom stereocenters. The van der Waals surface area contributed by atoms with Gasteiger partial charge in [-0.25, -0.2) is 14.5 Å². The lowest BCUT2D eigenvalue weighted by atomic mass is 9.82. The minimum Gasteiger partial charge on any atom is -0.481 e. The van der Waals surface area contributed by atoms with Gasteiger partial charge < -0.3 is 15.2 Å². The van der Waals surface area contributed by atoms with Gasteiger partial charge in [0.15, 0.2) is 5.60 Å². The third kappa shape index (κ3) is 4.28. The first-order valence-electron chi connectivity index (χ1n) is 12.2. The van der Waals surface area contributed by atoms with Gasteiger partial charge in [0.1, 0.15) is 11.8 Å². The van der Waals surface area contributed by atoms with Crippen LogP contribution in [0.15, 0.2) is 43.4 Å². The van der Waals surface area contributed by atoms with Gasteiger partial charge in [0, 0.05) is 41.9 Å². The van der Waals surface area contributed by atoms with Gasteiger partial charge in [0.25, 0.3) is 5.92 Å². The van der Waals surface area contributed by atoms with Crippen molar-refractivity contribution < 1.29 is 18.6 Å². The Kier molecular flexibility index (Phi) is 6.57. The van der Waals surface area contributed by atoms with Crippen molar-refractivity contribution in [3.05, 3.63) is 65.9 Å². The van der Waals surface area contributed by atoms with Gasteiger partial charge in [0.05, 0.1) is 18.5 Å². The first-order chi connectivity index (χ1) is 17.4. The molecule has 3 heterocycles. The van der Waals surface area contributed by atoms with Crippen LogP contribution in [-0.2, 0) is 12.0 Å². The first kappa shape index (κ1) is 24.5. The van der Waals surface area contributed by atoms with Gasteiger partial charge in [-0.3, -0.25) is 0 Å². The summed E-state index contributed by atoms with van der Waals surface area (Å²) in [7, 11) is 1.44. The van der Waals surface area contributed by atoms with Crippen LogP contribution in [0, 0.1) is 0 Å². The van der Waals surface area contributed by atoms with Gasteiger partial charge in [-0.05, 0) is 50.7 Å². The molecule has 2 N–H and O–H groups in total. The number of hydrogen-bond acceptors (Lipinski definition) is 7. The third-order valence-electron chi connectivity index (χ3n) is 7.43. The van der Waals surface area contributed by atoms with E-state index in [1.807, 2.05) is 0 Å². The fourth-order valence-corrected chi connectivity index (χ4v) is 5.24. The Morgan fingerprint density at radius 3 is 2.75 bits per heavy atom. The predicted octanol–water partition coefficient (Wildman–Crippen LogP) is 3.81. The number of aryl methyl sites for hydroxylation is 1. The zero-order valence-electron chi connectivity index (χ0n) is 20.2. The minimum absolute atomic E-state index is 0.00335. The smallest absolute Gasteiger partial charge is 0.299 e. The van der Waals surface area contributed by atoms with Crippen molar-refractivity contribution in [1.82, 2.24) is 30.1 Å². The standard InChI is InChI=1S/C26H30F2N6O2/c1-3-26(27,28)25(35,18-10-13-22(36-2)29-14-18)15-30-19-11-8-17(9-12-19)23-24-20-6-4-5-7-21(20)31-16-34(24)33-32-23/h3-4,6,10,13-14,16-17,19,30,35H,1,5,7-9,11-12,15H2,2H3. The molecule has 8 nitrogen and oxygen atoms in total. The Balaban J connectivity index is 1.29. The minimum atomic E-state index is -3.56. The topological polar surface area (TPSA) is 97.5 Å². The van der Waals surface area contributed by atoms with Gasteiger partial charge in [-0.1, -0.05) is 23.9 Å². The molecule has 0 spiro atoms. The summed E-state index contributed by atoms with van der Waals surface area (Å²) in [4.78, 5) is 8.52. The van der Waals surface area contributed by atoms with E-state index in [0.717, 1.165) is 61.0 Å². The van der Waals surface area contributed by atoms with Gasteiger partial charge >= 0.3 is 0 Å². The molecular formula is C26H30F2N6O2. The molecule has 1 fully saturated rings. The fourth-order valence-electron chi connectivity index (χ4n) is 5.24. The molecule has 3 aromatic heterocycles. The molecule has 0 bridgehead atoms. The zero-order valence-corrected chi connectivity index (χ0v) is 20.2. The zero-order chi connectivity index (χ0) is 25.3. The highest BCUT2D eigenvalue weighted by molar-refractivity contribution is 5.74. The monoisotopic (exact) mass is 496 g/mol. The van der Waals surface area contributed by atoms with Crippen molar-refractivity contribution in [2.75, 3.05) is 13.7 Å². The number of aromatic nitrogens is 5. The van der Waals surface area contributed by atoms with Gasteiger partial charge in [-0.2, -0.15) is 8.78 Å². The number of allylic oxidation sites excluding steroid dienone is 1. The molecule has 5 rings (SSSR count). The van der Waals surface area contributed by atoms with Crippen LogP contribution in [0.3, 0.4) is 0 Å². The number of fused-ring (bicyclic) bond motifs is 3. The van der Waals surface area contributed by atoms with E-state index in [0.29, 0.717) is 6.08 Å². The van der Waals surface area contributed by atoms with Crippen LogP contribution in [-0.4, -0.2) is 55.5 Å². The molecule has 2 aliphatic carbocycles. The van der Waals surface area contributed by atoms with E-state index in [2.05, 4.69) is 44.3 Å². The maximum Gasteiger partial charge on any atom is 0.299 e. The van der Waals surface area contributed by atoms with Crippen molar-refractivity contribution in [2.45, 2.75) is 62.0 Å². The van der Waals surface area contributed by atoms with Crippen LogP contribution in [0.25, 0.3) is 11.6 Å². The molecule has 36 heavy (non-hydrogen) atoms. The molecule has 0 aliphatic heterocycles. The predicted molar refractivity (Wildman–Crippen MR) is 131 cm³/mol. The third-order valence-corrected chi connectivity index (χ3v) is 7.43. The lowest BCUT2D eigenvalue weighted by Crippen LogP contribution is -2.53. The van der Waals surface area contributed by atoms with Crippen LogP contribution < -0.4 is 10.1 Å². The highest BCUT2D eigenvalue weighted by atomic mass is 19.3. The SMILES string of the molecule is C=CC(F)(F)C(O)(CNC1CCC(c2nnn3cnc4c(c23)C=CCC4)CC1)c1ccc(OC)nc1. The number of rotatable bonds is 8. The lowest BCUT2D eigenvalue weighted by Gasteiger charge is -2.37. The van der Waals surface area contributed by atoms with E-state index >= 15 is 0 Å². The van der Waals surface area contributed by atoms with E-state index < -0.39 is 11.5 Å². The molecule has 0 radical (unpaired) electrons. The highest BCUT2D eigenvalue weighted by Gasteiger charge is 2.52. The fraction of sp³-hybridized carbons (Fsp3) is 0.462. The Labute approximate surface area is 208 Å². The molecule has 190 valence electrons. The summed E-state index contributed by atoms with van der Waals surface area (Å²) >= 11 is 0. The molecule has 1 atom stereocenters. The lowest BCUT2D eigenvalue weighted by molar-refractivity contribution is -0.155. The normalized spacial score (nSPS) is 21.7. The number of alkyl halides is 2. The number of nitrogens with zero attached hydrogens (tertiary/aromatic N) is 5. The number of methoxy groups -OCH3 is 1. The molecule has 1 saturated carbocycles. The summed E-state index contributed by atoms with van der Waals surface area (Å²) in [5, 5.41) is 23.1. The van der Waals surface area contributed by atoms with Crippen LogP contribution in [0.1, 0.15) is 60.5 Å². The van der Waals surface area contributed by atoms with Crippen LogP contribution in [0.4, 0.5) is 8.78 Å². The quantitative estimate of drug-likeness (QED) is 0.458. The van der Waals surface area contributed by atoms with Crippen LogP contribution in [0.2, 0.25) is 0 Å². The summed E-state index contributed by atoms with van der Waals surface area (Å²) in [6.07, 6.45) is 12.8. The Bertz CT molecular complexity index is 1270. The van der Waals surface area contributed by atoms with E-state index in [1.165, 1.54) is 25.4 Å². The van der Waals surface area contributed by atoms with Crippen molar-refractivity contribution in [1.29, 1.82) is 0 Å². The summed E-state index contributed by atoms with van der Waals surface area (Å²) in [5.74, 6) is -3.06. The molecule has 0 aromatic carbocycles. The maximum absolute atomic E-state index is 14.9. The van der Waals surface area contributed by atoms with E-state index in [4.69, 9.17) is 4.74 Å². The average molecular weight is 497 g/mol. The summed E-state index contributed by atoms with van der Waals surface area (Å²) in [5.41, 5.74) is 1.65. The maximum atomic E-state index is 14.9.